The molecule has 1 heterocycles. The van der Waals surface area contributed by atoms with Gasteiger partial charge in [-0.15, -0.1) is 0 Å². The van der Waals surface area contributed by atoms with Crippen molar-refractivity contribution in [2.75, 3.05) is 0 Å². The van der Waals surface area contributed by atoms with E-state index in [1.807, 2.05) is 0 Å². The summed E-state index contributed by atoms with van der Waals surface area (Å²) in [6, 6.07) is 2.70. The first kappa shape index (κ1) is 13.0. The Labute approximate surface area is 116 Å². The topological polar surface area (TPSA) is 50.2 Å². The van der Waals surface area contributed by atoms with Crippen LogP contribution in [0.1, 0.15) is 46.4 Å². The number of rotatable bonds is 1. The van der Waals surface area contributed by atoms with Crippen molar-refractivity contribution < 1.29 is 14.3 Å². The van der Waals surface area contributed by atoms with Crippen LogP contribution < -0.4 is 0 Å². The van der Waals surface area contributed by atoms with E-state index in [1.54, 1.807) is 6.92 Å². The van der Waals surface area contributed by atoms with E-state index >= 15 is 0 Å². The summed E-state index contributed by atoms with van der Waals surface area (Å²) in [7, 11) is 0. The molecule has 0 radical (unpaired) electrons. The Balaban J connectivity index is 2.42. The van der Waals surface area contributed by atoms with Crippen LogP contribution in [-0.4, -0.2) is 16.1 Å². The average Bonchev–Trinajstić information content (AvgIpc) is 2.60. The number of benzene rings is 1. The molecule has 1 aliphatic carbocycles. The first-order valence-electron chi connectivity index (χ1n) is 6.93. The Bertz CT molecular complexity index is 709. The number of aromatic carboxylic acids is 1. The molecule has 1 N–H and O–H groups in total. The zero-order chi connectivity index (χ0) is 14.3. The van der Waals surface area contributed by atoms with Crippen molar-refractivity contribution in [3.63, 3.8) is 0 Å². The fourth-order valence-corrected chi connectivity index (χ4v) is 3.08. The molecule has 0 bridgehead atoms. The normalized spacial score (nSPS) is 14.9. The summed E-state index contributed by atoms with van der Waals surface area (Å²) in [5.41, 5.74) is 3.23. The molecule has 0 atom stereocenters. The molecule has 0 saturated carbocycles. The van der Waals surface area contributed by atoms with Gasteiger partial charge in [-0.05, 0) is 55.9 Å². The molecule has 1 aromatic carbocycles. The quantitative estimate of drug-likeness (QED) is 0.807. The van der Waals surface area contributed by atoms with E-state index in [0.717, 1.165) is 43.4 Å². The third kappa shape index (κ3) is 2.05. The Hall–Kier alpha value is -1.97. The third-order valence-corrected chi connectivity index (χ3v) is 3.99. The van der Waals surface area contributed by atoms with Gasteiger partial charge < -0.3 is 5.11 Å². The summed E-state index contributed by atoms with van der Waals surface area (Å²) in [5, 5.41) is 9.99. The van der Waals surface area contributed by atoms with E-state index in [1.165, 1.54) is 12.1 Å². The van der Waals surface area contributed by atoms with Crippen LogP contribution >= 0.6 is 0 Å². The predicted molar refractivity (Wildman–Crippen MR) is 74.7 cm³/mol. The highest BCUT2D eigenvalue weighted by Crippen LogP contribution is 2.30. The number of carboxylic acid groups (broad SMARTS) is 1. The highest BCUT2D eigenvalue weighted by molar-refractivity contribution is 6.05. The van der Waals surface area contributed by atoms with Gasteiger partial charge in [-0.3, -0.25) is 4.98 Å². The second-order valence-corrected chi connectivity index (χ2v) is 5.40. The average molecular weight is 273 g/mol. The fraction of sp³-hybridized carbons (Fsp3) is 0.375. The monoisotopic (exact) mass is 273 g/mol. The van der Waals surface area contributed by atoms with Crippen molar-refractivity contribution in [1.82, 2.24) is 4.98 Å². The van der Waals surface area contributed by atoms with Gasteiger partial charge >= 0.3 is 5.97 Å². The molecule has 4 heteroatoms. The second kappa shape index (κ2) is 4.85. The molecule has 3 rings (SSSR count). The van der Waals surface area contributed by atoms with E-state index in [4.69, 9.17) is 0 Å². The van der Waals surface area contributed by atoms with Gasteiger partial charge in [0.25, 0.3) is 0 Å². The van der Waals surface area contributed by atoms with Crippen molar-refractivity contribution >= 4 is 16.9 Å². The van der Waals surface area contributed by atoms with Gasteiger partial charge in [-0.25, -0.2) is 9.18 Å². The van der Waals surface area contributed by atoms with Gasteiger partial charge in [0.15, 0.2) is 0 Å². The Morgan fingerprint density at radius 1 is 1.25 bits per heavy atom. The van der Waals surface area contributed by atoms with Gasteiger partial charge in [0.1, 0.15) is 5.82 Å². The summed E-state index contributed by atoms with van der Waals surface area (Å²) in [4.78, 5) is 16.3. The Kier molecular flexibility index (Phi) is 3.16. The molecule has 104 valence electrons. The molecule has 0 unspecified atom stereocenters. The molecule has 20 heavy (non-hydrogen) atoms. The molecule has 1 aromatic heterocycles. The lowest BCUT2D eigenvalue weighted by atomic mass is 9.95. The summed E-state index contributed by atoms with van der Waals surface area (Å²) >= 11 is 0. The van der Waals surface area contributed by atoms with E-state index in [9.17, 15) is 14.3 Å². The van der Waals surface area contributed by atoms with Gasteiger partial charge in [-0.1, -0.05) is 6.42 Å². The molecule has 0 saturated heterocycles. The number of nitrogens with zero attached hydrogens (tertiary/aromatic N) is 1. The minimum Gasteiger partial charge on any atom is -0.478 e. The van der Waals surface area contributed by atoms with Crippen LogP contribution in [0, 0.1) is 12.7 Å². The van der Waals surface area contributed by atoms with Gasteiger partial charge in [-0.2, -0.15) is 0 Å². The predicted octanol–water partition coefficient (Wildman–Crippen LogP) is 3.65. The maximum Gasteiger partial charge on any atom is 0.336 e. The maximum absolute atomic E-state index is 13.6. The Morgan fingerprint density at radius 3 is 2.75 bits per heavy atom. The number of carbonyl (C=O) groups is 1. The lowest BCUT2D eigenvalue weighted by Gasteiger charge is -2.14. The highest BCUT2D eigenvalue weighted by atomic mass is 19.1. The first-order chi connectivity index (χ1) is 9.58. The lowest BCUT2D eigenvalue weighted by Crippen LogP contribution is -2.09. The molecule has 0 amide bonds. The van der Waals surface area contributed by atoms with Gasteiger partial charge in [0, 0.05) is 11.1 Å². The third-order valence-electron chi connectivity index (χ3n) is 3.99. The van der Waals surface area contributed by atoms with Crippen molar-refractivity contribution in [2.24, 2.45) is 0 Å². The molecule has 0 fully saturated rings. The van der Waals surface area contributed by atoms with E-state index < -0.39 is 11.8 Å². The van der Waals surface area contributed by atoms with E-state index in [2.05, 4.69) is 4.98 Å². The second-order valence-electron chi connectivity index (χ2n) is 5.40. The van der Waals surface area contributed by atoms with Crippen LogP contribution in [0.5, 0.6) is 0 Å². The SMILES string of the molecule is Cc1cc(F)cc2c(C(=O)O)c3c(nc12)CCCCC3. The summed E-state index contributed by atoms with van der Waals surface area (Å²) in [5.74, 6) is -1.39. The highest BCUT2D eigenvalue weighted by Gasteiger charge is 2.22. The minimum absolute atomic E-state index is 0.245. The van der Waals surface area contributed by atoms with Crippen molar-refractivity contribution in [2.45, 2.75) is 39.0 Å². The van der Waals surface area contributed by atoms with Crippen LogP contribution in [-0.2, 0) is 12.8 Å². The van der Waals surface area contributed by atoms with Gasteiger partial charge in [0.2, 0.25) is 0 Å². The number of fused-ring (bicyclic) bond motifs is 2. The van der Waals surface area contributed by atoms with Crippen molar-refractivity contribution in [3.05, 3.63) is 40.3 Å². The molecule has 2 aromatic rings. The smallest absolute Gasteiger partial charge is 0.336 e. The summed E-state index contributed by atoms with van der Waals surface area (Å²) in [6.07, 6.45) is 4.61. The molecule has 0 spiro atoms. The fourth-order valence-electron chi connectivity index (χ4n) is 3.08. The van der Waals surface area contributed by atoms with Crippen molar-refractivity contribution in [1.29, 1.82) is 0 Å². The standard InChI is InChI=1S/C16H16FNO2/c1-9-7-10(17)8-12-14(16(19)20)11-5-3-2-4-6-13(11)18-15(9)12/h7-8H,2-6H2,1H3,(H,19,20). The number of aromatic nitrogens is 1. The summed E-state index contributed by atoms with van der Waals surface area (Å²) < 4.78 is 13.6. The van der Waals surface area contributed by atoms with Crippen LogP contribution in [0.15, 0.2) is 12.1 Å². The van der Waals surface area contributed by atoms with E-state index in [-0.39, 0.29) is 5.56 Å². The number of hydrogen-bond acceptors (Lipinski definition) is 2. The van der Waals surface area contributed by atoms with Crippen LogP contribution in [0.2, 0.25) is 0 Å². The number of carboxylic acids is 1. The van der Waals surface area contributed by atoms with Crippen molar-refractivity contribution in [3.8, 4) is 0 Å². The maximum atomic E-state index is 13.6. The summed E-state index contributed by atoms with van der Waals surface area (Å²) in [6.45, 7) is 1.77. The minimum atomic E-state index is -0.986. The van der Waals surface area contributed by atoms with Crippen LogP contribution in [0.4, 0.5) is 4.39 Å². The zero-order valence-corrected chi connectivity index (χ0v) is 11.4. The Morgan fingerprint density at radius 2 is 2.00 bits per heavy atom. The number of pyridine rings is 1. The lowest BCUT2D eigenvalue weighted by molar-refractivity contribution is 0.0697. The van der Waals surface area contributed by atoms with Crippen LogP contribution in [0.25, 0.3) is 10.9 Å². The van der Waals surface area contributed by atoms with E-state index in [0.29, 0.717) is 16.5 Å². The first-order valence-corrected chi connectivity index (χ1v) is 6.93. The molecular weight excluding hydrogens is 257 g/mol. The largest absolute Gasteiger partial charge is 0.478 e. The molecule has 1 aliphatic rings. The van der Waals surface area contributed by atoms with Gasteiger partial charge in [0.05, 0.1) is 11.1 Å². The number of halogens is 1. The number of hydrogen-bond donors (Lipinski definition) is 1. The molecule has 0 aliphatic heterocycles. The number of aryl methyl sites for hydroxylation is 2. The molecule has 3 nitrogen and oxygen atoms in total. The van der Waals surface area contributed by atoms with Crippen LogP contribution in [0.3, 0.4) is 0 Å². The molecular formula is C16H16FNO2. The zero-order valence-electron chi connectivity index (χ0n) is 11.4.